The third kappa shape index (κ3) is 6.51. The fraction of sp³-hybridized carbons (Fsp3) is 0.179. The lowest BCUT2D eigenvalue weighted by molar-refractivity contribution is -0.122. The number of amidine groups is 1. The summed E-state index contributed by atoms with van der Waals surface area (Å²) in [7, 11) is 0. The number of hydrogen-bond acceptors (Lipinski definition) is 6. The molecule has 1 N–H and O–H groups in total. The highest BCUT2D eigenvalue weighted by molar-refractivity contribution is 14.1. The smallest absolute Gasteiger partial charge is 0.335 e. The number of hydrogen-bond donors (Lipinski definition) is 1. The molecule has 1 saturated heterocycles. The van der Waals surface area contributed by atoms with Crippen LogP contribution < -0.4 is 9.47 Å². The van der Waals surface area contributed by atoms with Crippen LogP contribution in [0, 0.1) is 3.57 Å². The first-order valence-electron chi connectivity index (χ1n) is 11.8. The van der Waals surface area contributed by atoms with Crippen LogP contribution in [-0.4, -0.2) is 40.2 Å². The topological polar surface area (TPSA) is 88.4 Å². The normalized spacial score (nSPS) is 15.4. The first-order valence-corrected chi connectivity index (χ1v) is 14.0. The number of carbonyl (C=O) groups is 2. The van der Waals surface area contributed by atoms with Gasteiger partial charge in [0.25, 0.3) is 5.91 Å². The molecule has 1 aliphatic heterocycles. The van der Waals surface area contributed by atoms with Crippen LogP contribution in [0.2, 0.25) is 5.02 Å². The summed E-state index contributed by atoms with van der Waals surface area (Å²) in [6.45, 7) is 4.93. The maximum Gasteiger partial charge on any atom is 0.335 e. The second kappa shape index (κ2) is 12.7. The van der Waals surface area contributed by atoms with Crippen molar-refractivity contribution in [3.05, 3.63) is 90.9 Å². The summed E-state index contributed by atoms with van der Waals surface area (Å²) in [4.78, 5) is 31.1. The quantitative estimate of drug-likeness (QED) is 0.192. The highest BCUT2D eigenvalue weighted by atomic mass is 127. The van der Waals surface area contributed by atoms with E-state index in [4.69, 9.17) is 21.1 Å². The molecule has 1 heterocycles. The Labute approximate surface area is 243 Å². The van der Waals surface area contributed by atoms with E-state index >= 15 is 0 Å². The van der Waals surface area contributed by atoms with E-state index in [1.165, 1.54) is 23.9 Å². The summed E-state index contributed by atoms with van der Waals surface area (Å²) in [6.07, 6.45) is 1.80. The van der Waals surface area contributed by atoms with Gasteiger partial charge in [0, 0.05) is 17.1 Å². The van der Waals surface area contributed by atoms with Gasteiger partial charge in [-0.15, -0.1) is 0 Å². The molecule has 1 amide bonds. The van der Waals surface area contributed by atoms with Crippen molar-refractivity contribution in [3.8, 4) is 11.5 Å². The SMILES string of the molecule is CCOc1cc(C=C2SC(=Nc3cccc(C(=O)O)c3)N(CC)C2=O)cc(I)c1OCc1ccccc1Cl. The minimum atomic E-state index is -1.03. The molecule has 0 atom stereocenters. The largest absolute Gasteiger partial charge is 0.490 e. The molecule has 0 saturated carbocycles. The van der Waals surface area contributed by atoms with Gasteiger partial charge >= 0.3 is 5.97 Å². The number of amides is 1. The predicted octanol–water partition coefficient (Wildman–Crippen LogP) is 7.24. The van der Waals surface area contributed by atoms with Crippen LogP contribution >= 0.6 is 46.0 Å². The van der Waals surface area contributed by atoms with E-state index in [1.807, 2.05) is 50.2 Å². The summed E-state index contributed by atoms with van der Waals surface area (Å²) in [5, 5.41) is 10.4. The number of thioether (sulfide) groups is 1. The Bertz CT molecular complexity index is 1440. The third-order valence-corrected chi connectivity index (χ3v) is 7.66. The fourth-order valence-electron chi connectivity index (χ4n) is 3.68. The van der Waals surface area contributed by atoms with Crippen molar-refractivity contribution in [3.63, 3.8) is 0 Å². The highest BCUT2D eigenvalue weighted by Gasteiger charge is 2.32. The lowest BCUT2D eigenvalue weighted by Crippen LogP contribution is -2.28. The Morgan fingerprint density at radius 1 is 1.13 bits per heavy atom. The molecule has 3 aromatic carbocycles. The van der Waals surface area contributed by atoms with E-state index in [2.05, 4.69) is 27.6 Å². The Kier molecular flexibility index (Phi) is 9.35. The van der Waals surface area contributed by atoms with Crippen LogP contribution in [-0.2, 0) is 11.4 Å². The van der Waals surface area contributed by atoms with Gasteiger partial charge in [-0.25, -0.2) is 9.79 Å². The molecule has 0 spiro atoms. The van der Waals surface area contributed by atoms with Crippen LogP contribution in [0.15, 0.2) is 70.6 Å². The number of nitrogens with zero attached hydrogens (tertiary/aromatic N) is 2. The maximum atomic E-state index is 13.2. The second-order valence-electron chi connectivity index (χ2n) is 8.05. The summed E-state index contributed by atoms with van der Waals surface area (Å²) in [5.74, 6) is -0.0251. The molecule has 0 unspecified atom stereocenters. The van der Waals surface area contributed by atoms with Crippen molar-refractivity contribution in [1.29, 1.82) is 0 Å². The van der Waals surface area contributed by atoms with E-state index in [1.54, 1.807) is 23.1 Å². The van der Waals surface area contributed by atoms with Gasteiger partial charge in [0.05, 0.1) is 26.3 Å². The summed E-state index contributed by atoms with van der Waals surface area (Å²) in [5.41, 5.74) is 2.25. The van der Waals surface area contributed by atoms with E-state index in [9.17, 15) is 14.7 Å². The maximum absolute atomic E-state index is 13.2. The van der Waals surface area contributed by atoms with Gasteiger partial charge in [0.1, 0.15) is 6.61 Å². The van der Waals surface area contributed by atoms with Crippen molar-refractivity contribution >= 4 is 74.8 Å². The number of rotatable bonds is 9. The van der Waals surface area contributed by atoms with Gasteiger partial charge < -0.3 is 14.6 Å². The van der Waals surface area contributed by atoms with Crippen LogP contribution in [0.1, 0.15) is 35.3 Å². The van der Waals surface area contributed by atoms with Gasteiger partial charge in [0.15, 0.2) is 16.7 Å². The summed E-state index contributed by atoms with van der Waals surface area (Å²) >= 11 is 9.72. The fourth-order valence-corrected chi connectivity index (χ4v) is 5.71. The average Bonchev–Trinajstić information content (AvgIpc) is 3.18. The number of likely N-dealkylation sites (N-methyl/N-ethyl adjacent to an activating group) is 1. The second-order valence-corrected chi connectivity index (χ2v) is 10.6. The zero-order valence-electron chi connectivity index (χ0n) is 20.6. The predicted molar refractivity (Wildman–Crippen MR) is 160 cm³/mol. The number of carboxylic acid groups (broad SMARTS) is 1. The molecule has 4 rings (SSSR count). The minimum Gasteiger partial charge on any atom is -0.490 e. The third-order valence-electron chi connectivity index (χ3n) is 5.48. The van der Waals surface area contributed by atoms with Crippen LogP contribution in [0.4, 0.5) is 5.69 Å². The van der Waals surface area contributed by atoms with Gasteiger partial charge in [-0.2, -0.15) is 0 Å². The molecule has 10 heteroatoms. The molecule has 196 valence electrons. The Morgan fingerprint density at radius 3 is 2.63 bits per heavy atom. The molecule has 7 nitrogen and oxygen atoms in total. The first-order chi connectivity index (χ1) is 18.3. The van der Waals surface area contributed by atoms with Crippen molar-refractivity contribution in [1.82, 2.24) is 4.90 Å². The van der Waals surface area contributed by atoms with Gasteiger partial charge in [0.2, 0.25) is 0 Å². The lowest BCUT2D eigenvalue weighted by atomic mass is 10.1. The van der Waals surface area contributed by atoms with E-state index < -0.39 is 5.97 Å². The molecule has 0 aromatic heterocycles. The molecule has 1 aliphatic rings. The molecular formula is C28H24ClIN2O5S. The van der Waals surface area contributed by atoms with Gasteiger partial charge in [-0.05, 0) is 96.2 Å². The highest BCUT2D eigenvalue weighted by Crippen LogP contribution is 2.38. The minimum absolute atomic E-state index is 0.134. The summed E-state index contributed by atoms with van der Waals surface area (Å²) < 4.78 is 12.8. The van der Waals surface area contributed by atoms with E-state index in [-0.39, 0.29) is 11.5 Å². The van der Waals surface area contributed by atoms with Crippen molar-refractivity contribution in [2.45, 2.75) is 20.5 Å². The van der Waals surface area contributed by atoms with Crippen molar-refractivity contribution in [2.24, 2.45) is 4.99 Å². The van der Waals surface area contributed by atoms with E-state index in [0.717, 1.165) is 14.7 Å². The zero-order chi connectivity index (χ0) is 27.2. The average molecular weight is 663 g/mol. The molecule has 3 aromatic rings. The number of carbonyl (C=O) groups excluding carboxylic acids is 1. The number of aromatic carboxylic acids is 1. The number of carboxylic acids is 1. The zero-order valence-corrected chi connectivity index (χ0v) is 24.3. The van der Waals surface area contributed by atoms with Crippen molar-refractivity contribution in [2.75, 3.05) is 13.2 Å². The first kappa shape index (κ1) is 28.0. The number of halogens is 2. The Morgan fingerprint density at radius 2 is 1.92 bits per heavy atom. The van der Waals surface area contributed by atoms with Crippen molar-refractivity contribution < 1.29 is 24.2 Å². The van der Waals surface area contributed by atoms with Gasteiger partial charge in [-0.3, -0.25) is 9.69 Å². The standard InChI is InChI=1S/C28H24ClIN2O5S/c1-3-32-26(33)24(38-28(32)31-20-10-7-9-18(15-20)27(34)35)14-17-12-22(30)25(23(13-17)36-4-2)37-16-19-8-5-6-11-21(19)29/h5-15H,3-4,16H2,1-2H3,(H,34,35). The summed E-state index contributed by atoms with van der Waals surface area (Å²) in [6, 6.07) is 17.6. The number of benzene rings is 3. The Balaban J connectivity index is 1.62. The van der Waals surface area contributed by atoms with Crippen LogP contribution in [0.3, 0.4) is 0 Å². The van der Waals surface area contributed by atoms with E-state index in [0.29, 0.717) is 52.0 Å². The molecule has 0 aliphatic carbocycles. The molecule has 0 radical (unpaired) electrons. The van der Waals surface area contributed by atoms with Crippen LogP contribution in [0.25, 0.3) is 6.08 Å². The molecular weight excluding hydrogens is 639 g/mol. The number of ether oxygens (including phenoxy) is 2. The molecule has 38 heavy (non-hydrogen) atoms. The van der Waals surface area contributed by atoms with Crippen LogP contribution in [0.5, 0.6) is 11.5 Å². The monoisotopic (exact) mass is 662 g/mol. The molecule has 0 bridgehead atoms. The lowest BCUT2D eigenvalue weighted by Gasteiger charge is -2.15. The Hall–Kier alpha value is -3.02. The van der Waals surface area contributed by atoms with Gasteiger partial charge in [-0.1, -0.05) is 35.9 Å². The molecule has 1 fully saturated rings. The number of aliphatic imine (C=N–C) groups is 1.